The Morgan fingerprint density at radius 2 is 1.50 bits per heavy atom. The van der Waals surface area contributed by atoms with Crippen molar-refractivity contribution < 1.29 is 4.74 Å². The minimum absolute atomic E-state index is 0.446. The van der Waals surface area contributed by atoms with Gasteiger partial charge in [0.2, 0.25) is 0 Å². The molecule has 1 rings (SSSR count). The third-order valence-corrected chi connectivity index (χ3v) is 3.78. The molecule has 1 saturated heterocycles. The average molecular weight is 170 g/mol. The minimum Gasteiger partial charge on any atom is -0.375 e. The molecule has 0 spiro atoms. The van der Waals surface area contributed by atoms with Crippen molar-refractivity contribution in [2.75, 3.05) is 0 Å². The topological polar surface area (TPSA) is 9.23 Å². The minimum atomic E-state index is 0.446. The Bertz CT molecular complexity index is 139. The highest BCUT2D eigenvalue weighted by molar-refractivity contribution is 4.83. The van der Waals surface area contributed by atoms with Crippen molar-refractivity contribution >= 4 is 0 Å². The van der Waals surface area contributed by atoms with Crippen molar-refractivity contribution in [3.63, 3.8) is 0 Å². The Hall–Kier alpha value is -0.0400. The first-order valence-electron chi connectivity index (χ1n) is 5.23. The summed E-state index contributed by atoms with van der Waals surface area (Å²) in [4.78, 5) is 0. The smallest absolute Gasteiger partial charge is 0.0604 e. The molecule has 0 aliphatic carbocycles. The zero-order valence-corrected chi connectivity index (χ0v) is 9.00. The van der Waals surface area contributed by atoms with Crippen molar-refractivity contribution in [3.05, 3.63) is 0 Å². The summed E-state index contributed by atoms with van der Waals surface area (Å²) in [5.74, 6) is 2.24. The molecule has 1 nitrogen and oxygen atoms in total. The van der Waals surface area contributed by atoms with Crippen molar-refractivity contribution in [1.29, 1.82) is 0 Å². The van der Waals surface area contributed by atoms with E-state index in [4.69, 9.17) is 4.74 Å². The number of hydrogen-bond donors (Lipinski definition) is 0. The number of hydrogen-bond acceptors (Lipinski definition) is 1. The maximum atomic E-state index is 5.93. The zero-order valence-electron chi connectivity index (χ0n) is 9.00. The lowest BCUT2D eigenvalue weighted by Gasteiger charge is -2.42. The van der Waals surface area contributed by atoms with E-state index in [9.17, 15) is 0 Å². The fourth-order valence-corrected chi connectivity index (χ4v) is 2.24. The summed E-state index contributed by atoms with van der Waals surface area (Å²) in [5, 5.41) is 0. The van der Waals surface area contributed by atoms with Gasteiger partial charge in [0, 0.05) is 0 Å². The Labute approximate surface area is 76.5 Å². The lowest BCUT2D eigenvalue weighted by atomic mass is 9.76. The predicted octanol–water partition coefficient (Wildman–Crippen LogP) is 3.09. The molecule has 0 aromatic heterocycles. The molecule has 0 saturated carbocycles. The molecule has 1 aliphatic heterocycles. The SMILES string of the molecule is CC[C@H]1OC(C)[C@@H](C)[C@@H](C)[C@@H]1C. The lowest BCUT2D eigenvalue weighted by molar-refractivity contribution is -0.125. The fraction of sp³-hybridized carbons (Fsp3) is 1.00. The Kier molecular flexibility index (Phi) is 3.16. The summed E-state index contributed by atoms with van der Waals surface area (Å²) in [7, 11) is 0. The highest BCUT2D eigenvalue weighted by Crippen LogP contribution is 2.35. The average Bonchev–Trinajstić information content (AvgIpc) is 2.08. The standard InChI is InChI=1S/C11H22O/c1-6-11-9(4)7(2)8(3)10(5)12-11/h7-11H,6H2,1-5H3/t7-,8+,9+,10?,11-/m1/s1. The first-order valence-corrected chi connectivity index (χ1v) is 5.23. The molecule has 1 heterocycles. The summed E-state index contributed by atoms with van der Waals surface area (Å²) < 4.78 is 5.93. The summed E-state index contributed by atoms with van der Waals surface area (Å²) in [6.07, 6.45) is 2.09. The van der Waals surface area contributed by atoms with Crippen LogP contribution in [0.2, 0.25) is 0 Å². The Balaban J connectivity index is 2.63. The van der Waals surface area contributed by atoms with Gasteiger partial charge in [0.15, 0.2) is 0 Å². The molecular formula is C11H22O. The summed E-state index contributed by atoms with van der Waals surface area (Å²) in [6.45, 7) is 11.4. The van der Waals surface area contributed by atoms with Crippen molar-refractivity contribution in [2.45, 2.75) is 53.2 Å². The number of ether oxygens (including phenoxy) is 1. The van der Waals surface area contributed by atoms with E-state index >= 15 is 0 Å². The van der Waals surface area contributed by atoms with Crippen LogP contribution in [0.4, 0.5) is 0 Å². The monoisotopic (exact) mass is 170 g/mol. The van der Waals surface area contributed by atoms with Gasteiger partial charge in [0.1, 0.15) is 0 Å². The third-order valence-electron chi connectivity index (χ3n) is 3.78. The van der Waals surface area contributed by atoms with E-state index in [0.29, 0.717) is 18.1 Å². The van der Waals surface area contributed by atoms with Crippen molar-refractivity contribution in [3.8, 4) is 0 Å². The Morgan fingerprint density at radius 1 is 0.917 bits per heavy atom. The van der Waals surface area contributed by atoms with Crippen LogP contribution in [0.15, 0.2) is 0 Å². The Morgan fingerprint density at radius 3 is 2.00 bits per heavy atom. The fourth-order valence-electron chi connectivity index (χ4n) is 2.24. The van der Waals surface area contributed by atoms with Gasteiger partial charge in [-0.05, 0) is 31.1 Å². The quantitative estimate of drug-likeness (QED) is 0.587. The van der Waals surface area contributed by atoms with Gasteiger partial charge in [-0.2, -0.15) is 0 Å². The second-order valence-electron chi connectivity index (χ2n) is 4.37. The van der Waals surface area contributed by atoms with E-state index in [-0.39, 0.29) is 0 Å². The molecule has 1 fully saturated rings. The van der Waals surface area contributed by atoms with Crippen LogP contribution in [0.3, 0.4) is 0 Å². The first kappa shape index (κ1) is 10.0. The van der Waals surface area contributed by atoms with Gasteiger partial charge >= 0.3 is 0 Å². The van der Waals surface area contributed by atoms with Crippen LogP contribution >= 0.6 is 0 Å². The normalized spacial score (nSPS) is 49.2. The molecule has 12 heavy (non-hydrogen) atoms. The van der Waals surface area contributed by atoms with Gasteiger partial charge in [-0.15, -0.1) is 0 Å². The summed E-state index contributed by atoms with van der Waals surface area (Å²) in [6, 6.07) is 0. The van der Waals surface area contributed by atoms with Crippen LogP contribution in [0, 0.1) is 17.8 Å². The molecule has 1 aliphatic rings. The molecule has 5 atom stereocenters. The van der Waals surface area contributed by atoms with E-state index in [0.717, 1.165) is 18.3 Å². The molecule has 72 valence electrons. The third kappa shape index (κ3) is 1.66. The van der Waals surface area contributed by atoms with Crippen LogP contribution in [0.25, 0.3) is 0 Å². The predicted molar refractivity (Wildman–Crippen MR) is 52.1 cm³/mol. The zero-order chi connectivity index (χ0) is 9.30. The van der Waals surface area contributed by atoms with Gasteiger partial charge in [-0.25, -0.2) is 0 Å². The van der Waals surface area contributed by atoms with E-state index in [2.05, 4.69) is 34.6 Å². The van der Waals surface area contributed by atoms with Gasteiger partial charge in [-0.3, -0.25) is 0 Å². The molecule has 0 amide bonds. The van der Waals surface area contributed by atoms with E-state index in [1.807, 2.05) is 0 Å². The van der Waals surface area contributed by atoms with Crippen LogP contribution in [0.1, 0.15) is 41.0 Å². The van der Waals surface area contributed by atoms with E-state index in [1.165, 1.54) is 0 Å². The van der Waals surface area contributed by atoms with Gasteiger partial charge in [-0.1, -0.05) is 27.7 Å². The molecule has 1 unspecified atom stereocenters. The highest BCUT2D eigenvalue weighted by Gasteiger charge is 2.35. The van der Waals surface area contributed by atoms with Crippen molar-refractivity contribution in [1.82, 2.24) is 0 Å². The summed E-state index contributed by atoms with van der Waals surface area (Å²) >= 11 is 0. The van der Waals surface area contributed by atoms with Crippen LogP contribution in [-0.2, 0) is 4.74 Å². The summed E-state index contributed by atoms with van der Waals surface area (Å²) in [5.41, 5.74) is 0. The van der Waals surface area contributed by atoms with Crippen molar-refractivity contribution in [2.24, 2.45) is 17.8 Å². The second kappa shape index (κ2) is 3.78. The van der Waals surface area contributed by atoms with Gasteiger partial charge < -0.3 is 4.74 Å². The molecule has 0 bridgehead atoms. The van der Waals surface area contributed by atoms with Crippen LogP contribution in [0.5, 0.6) is 0 Å². The van der Waals surface area contributed by atoms with Crippen LogP contribution in [-0.4, -0.2) is 12.2 Å². The van der Waals surface area contributed by atoms with Crippen LogP contribution < -0.4 is 0 Å². The van der Waals surface area contributed by atoms with E-state index in [1.54, 1.807) is 0 Å². The van der Waals surface area contributed by atoms with Gasteiger partial charge in [0.25, 0.3) is 0 Å². The largest absolute Gasteiger partial charge is 0.375 e. The molecule has 0 radical (unpaired) electrons. The molecular weight excluding hydrogens is 148 g/mol. The lowest BCUT2D eigenvalue weighted by Crippen LogP contribution is -2.42. The molecule has 1 heteroatoms. The van der Waals surface area contributed by atoms with Gasteiger partial charge in [0.05, 0.1) is 12.2 Å². The highest BCUT2D eigenvalue weighted by atomic mass is 16.5. The maximum Gasteiger partial charge on any atom is 0.0604 e. The maximum absolute atomic E-state index is 5.93. The number of rotatable bonds is 1. The first-order chi connectivity index (χ1) is 5.57. The second-order valence-corrected chi connectivity index (χ2v) is 4.37. The molecule has 0 N–H and O–H groups in total. The molecule has 0 aromatic rings. The van der Waals surface area contributed by atoms with E-state index < -0.39 is 0 Å². The molecule has 0 aromatic carbocycles.